The molecular weight excluding hydrogens is 357 g/mol. The molecule has 0 saturated heterocycles. The number of amides is 1. The first-order valence-corrected chi connectivity index (χ1v) is 7.96. The van der Waals surface area contributed by atoms with Crippen LogP contribution in [-0.2, 0) is 22.4 Å². The minimum Gasteiger partial charge on any atom is -0.493 e. The molecule has 0 aliphatic rings. The Kier molecular flexibility index (Phi) is 6.59. The van der Waals surface area contributed by atoms with E-state index >= 15 is 0 Å². The first kappa shape index (κ1) is 20.0. The van der Waals surface area contributed by atoms with Crippen LogP contribution in [0.3, 0.4) is 0 Å². The highest BCUT2D eigenvalue weighted by atomic mass is 19.1. The van der Waals surface area contributed by atoms with Gasteiger partial charge in [0.25, 0.3) is 0 Å². The number of nitrogens with one attached hydrogen (secondary N) is 1. The average Bonchev–Trinajstić information content (AvgIpc) is 2.62. The summed E-state index contributed by atoms with van der Waals surface area (Å²) in [5.74, 6) is -0.946. The van der Waals surface area contributed by atoms with Crippen molar-refractivity contribution in [3.05, 3.63) is 47.3 Å². The number of aliphatic carboxylic acids is 1. The van der Waals surface area contributed by atoms with Gasteiger partial charge in [0.15, 0.2) is 11.5 Å². The molecule has 0 saturated carbocycles. The molecular formula is C19H20FNO6. The van der Waals surface area contributed by atoms with Crippen molar-refractivity contribution in [2.45, 2.75) is 12.8 Å². The molecule has 2 aromatic carbocycles. The van der Waals surface area contributed by atoms with Crippen molar-refractivity contribution in [2.24, 2.45) is 0 Å². The van der Waals surface area contributed by atoms with Crippen molar-refractivity contribution < 1.29 is 33.3 Å². The van der Waals surface area contributed by atoms with Gasteiger partial charge in [-0.3, -0.25) is 9.59 Å². The summed E-state index contributed by atoms with van der Waals surface area (Å²) in [6, 6.07) is 7.17. The lowest BCUT2D eigenvalue weighted by atomic mass is 10.1. The lowest BCUT2D eigenvalue weighted by Gasteiger charge is -2.14. The minimum absolute atomic E-state index is 0.00475. The van der Waals surface area contributed by atoms with Crippen LogP contribution in [0.15, 0.2) is 30.3 Å². The lowest BCUT2D eigenvalue weighted by molar-refractivity contribution is -0.136. The molecule has 7 nitrogen and oxygen atoms in total. The predicted molar refractivity (Wildman–Crippen MR) is 96.2 cm³/mol. The number of benzene rings is 2. The molecule has 0 atom stereocenters. The van der Waals surface area contributed by atoms with Crippen LogP contribution in [0.1, 0.15) is 11.1 Å². The van der Waals surface area contributed by atoms with Gasteiger partial charge < -0.3 is 24.6 Å². The third-order valence-corrected chi connectivity index (χ3v) is 3.77. The van der Waals surface area contributed by atoms with Crippen molar-refractivity contribution in [1.82, 2.24) is 0 Å². The summed E-state index contributed by atoms with van der Waals surface area (Å²) in [5.41, 5.74) is 0.897. The van der Waals surface area contributed by atoms with E-state index in [0.29, 0.717) is 22.8 Å². The van der Waals surface area contributed by atoms with Gasteiger partial charge in [0.1, 0.15) is 5.82 Å². The molecule has 0 fully saturated rings. The normalized spacial score (nSPS) is 10.2. The lowest BCUT2D eigenvalue weighted by Crippen LogP contribution is -2.15. The van der Waals surface area contributed by atoms with Crippen LogP contribution in [-0.4, -0.2) is 38.3 Å². The van der Waals surface area contributed by atoms with Gasteiger partial charge in [-0.1, -0.05) is 6.07 Å². The second-order valence-corrected chi connectivity index (χ2v) is 5.64. The fourth-order valence-corrected chi connectivity index (χ4v) is 2.56. The number of carbonyl (C=O) groups excluding carboxylic acids is 1. The zero-order valence-corrected chi connectivity index (χ0v) is 15.2. The Morgan fingerprint density at radius 1 is 1.00 bits per heavy atom. The van der Waals surface area contributed by atoms with E-state index in [1.807, 2.05) is 0 Å². The SMILES string of the molecule is COc1cc(CC(=O)Nc2ccc(CC(=O)O)c(F)c2)cc(OC)c1OC. The van der Waals surface area contributed by atoms with Crippen molar-refractivity contribution in [1.29, 1.82) is 0 Å². The van der Waals surface area contributed by atoms with Crippen molar-refractivity contribution >= 4 is 17.6 Å². The van der Waals surface area contributed by atoms with Crippen LogP contribution < -0.4 is 19.5 Å². The van der Waals surface area contributed by atoms with Crippen LogP contribution in [0.2, 0.25) is 0 Å². The van der Waals surface area contributed by atoms with Gasteiger partial charge in [0.05, 0.1) is 34.2 Å². The summed E-state index contributed by atoms with van der Waals surface area (Å²) in [7, 11) is 4.43. The van der Waals surface area contributed by atoms with E-state index in [0.717, 1.165) is 6.07 Å². The molecule has 0 aliphatic carbocycles. The highest BCUT2D eigenvalue weighted by molar-refractivity contribution is 5.92. The number of carboxylic acid groups (broad SMARTS) is 1. The highest BCUT2D eigenvalue weighted by Gasteiger charge is 2.15. The standard InChI is InChI=1S/C19H20FNO6/c1-25-15-6-11(7-16(26-2)19(15)27-3)8-17(22)21-13-5-4-12(9-18(23)24)14(20)10-13/h4-7,10H,8-9H2,1-3H3,(H,21,22)(H,23,24). The molecule has 27 heavy (non-hydrogen) atoms. The molecule has 8 heteroatoms. The maximum atomic E-state index is 13.9. The summed E-state index contributed by atoms with van der Waals surface area (Å²) in [4.78, 5) is 22.9. The predicted octanol–water partition coefficient (Wildman–Crippen LogP) is 2.66. The van der Waals surface area contributed by atoms with E-state index in [2.05, 4.69) is 5.32 Å². The van der Waals surface area contributed by atoms with Gasteiger partial charge in [0.2, 0.25) is 11.7 Å². The molecule has 0 bridgehead atoms. The number of rotatable bonds is 8. The molecule has 2 aromatic rings. The van der Waals surface area contributed by atoms with Crippen LogP contribution in [0.5, 0.6) is 17.2 Å². The second kappa shape index (κ2) is 8.88. The van der Waals surface area contributed by atoms with Crippen molar-refractivity contribution in [2.75, 3.05) is 26.6 Å². The summed E-state index contributed by atoms with van der Waals surface area (Å²) in [5, 5.41) is 11.3. The van der Waals surface area contributed by atoms with Gasteiger partial charge in [-0.05, 0) is 35.4 Å². The van der Waals surface area contributed by atoms with E-state index < -0.39 is 18.2 Å². The molecule has 0 aromatic heterocycles. The first-order valence-electron chi connectivity index (χ1n) is 7.96. The van der Waals surface area contributed by atoms with E-state index in [1.165, 1.54) is 33.5 Å². The van der Waals surface area contributed by atoms with Gasteiger partial charge in [-0.15, -0.1) is 0 Å². The molecule has 2 rings (SSSR count). The fraction of sp³-hybridized carbons (Fsp3) is 0.263. The van der Waals surface area contributed by atoms with E-state index in [-0.39, 0.29) is 23.6 Å². The van der Waals surface area contributed by atoms with E-state index in [1.54, 1.807) is 12.1 Å². The van der Waals surface area contributed by atoms with Gasteiger partial charge >= 0.3 is 5.97 Å². The number of anilines is 1. The molecule has 0 radical (unpaired) electrons. The van der Waals surface area contributed by atoms with E-state index in [4.69, 9.17) is 19.3 Å². The minimum atomic E-state index is -1.13. The molecule has 0 heterocycles. The molecule has 0 unspecified atom stereocenters. The Balaban J connectivity index is 2.14. The molecule has 1 amide bonds. The quantitative estimate of drug-likeness (QED) is 0.735. The molecule has 0 spiro atoms. The zero-order chi connectivity index (χ0) is 20.0. The Bertz CT molecular complexity index is 827. The van der Waals surface area contributed by atoms with Gasteiger partial charge in [-0.2, -0.15) is 0 Å². The number of carboxylic acids is 1. The van der Waals surface area contributed by atoms with Crippen LogP contribution in [0.4, 0.5) is 10.1 Å². The largest absolute Gasteiger partial charge is 0.493 e. The van der Waals surface area contributed by atoms with Crippen LogP contribution in [0.25, 0.3) is 0 Å². The second-order valence-electron chi connectivity index (χ2n) is 5.64. The summed E-state index contributed by atoms with van der Waals surface area (Å²) in [6.07, 6.45) is -0.430. The van der Waals surface area contributed by atoms with Crippen LogP contribution in [0, 0.1) is 5.82 Å². The number of halogens is 1. The molecule has 0 aliphatic heterocycles. The number of carbonyl (C=O) groups is 2. The smallest absolute Gasteiger partial charge is 0.307 e. The Hall–Kier alpha value is -3.29. The Morgan fingerprint density at radius 2 is 1.63 bits per heavy atom. The zero-order valence-electron chi connectivity index (χ0n) is 15.2. The average molecular weight is 377 g/mol. The fourth-order valence-electron chi connectivity index (χ4n) is 2.56. The van der Waals surface area contributed by atoms with Crippen molar-refractivity contribution in [3.8, 4) is 17.2 Å². The van der Waals surface area contributed by atoms with Gasteiger partial charge in [-0.25, -0.2) is 4.39 Å². The number of hydrogen-bond donors (Lipinski definition) is 2. The van der Waals surface area contributed by atoms with Gasteiger partial charge in [0, 0.05) is 5.69 Å². The number of ether oxygens (including phenoxy) is 3. The van der Waals surface area contributed by atoms with Crippen LogP contribution >= 0.6 is 0 Å². The molecule has 2 N–H and O–H groups in total. The highest BCUT2D eigenvalue weighted by Crippen LogP contribution is 2.38. The van der Waals surface area contributed by atoms with Crippen molar-refractivity contribution in [3.63, 3.8) is 0 Å². The Morgan fingerprint density at radius 3 is 2.11 bits per heavy atom. The number of methoxy groups -OCH3 is 3. The maximum Gasteiger partial charge on any atom is 0.307 e. The monoisotopic (exact) mass is 377 g/mol. The molecule has 144 valence electrons. The van der Waals surface area contributed by atoms with E-state index in [9.17, 15) is 14.0 Å². The third-order valence-electron chi connectivity index (χ3n) is 3.77. The first-order chi connectivity index (χ1) is 12.9. The summed E-state index contributed by atoms with van der Waals surface area (Å²) < 4.78 is 29.6. The summed E-state index contributed by atoms with van der Waals surface area (Å²) in [6.45, 7) is 0. The summed E-state index contributed by atoms with van der Waals surface area (Å²) >= 11 is 0. The third kappa shape index (κ3) is 5.10. The number of hydrogen-bond acceptors (Lipinski definition) is 5. The maximum absolute atomic E-state index is 13.9. The Labute approximate surface area is 155 Å². The topological polar surface area (TPSA) is 94.1 Å².